The number of carboxylic acids is 2. The molecule has 0 saturated heterocycles. The highest BCUT2D eigenvalue weighted by atomic mass is 35.5. The summed E-state index contributed by atoms with van der Waals surface area (Å²) in [5.74, 6) is -2.29. The Hall–Kier alpha value is -3.55. The highest BCUT2D eigenvalue weighted by molar-refractivity contribution is 6.41. The number of carbonyl (C=O) groups is 2. The summed E-state index contributed by atoms with van der Waals surface area (Å²) in [5.41, 5.74) is 3.59. The van der Waals surface area contributed by atoms with Crippen molar-refractivity contribution in [3.63, 3.8) is 0 Å². The Morgan fingerprint density at radius 2 is 1.69 bits per heavy atom. The van der Waals surface area contributed by atoms with Gasteiger partial charge in [0, 0.05) is 53.0 Å². The average molecular weight is 527 g/mol. The maximum Gasteiger partial charge on any atom is 0.337 e. The van der Waals surface area contributed by atoms with Crippen LogP contribution in [0.3, 0.4) is 0 Å². The smallest absolute Gasteiger partial charge is 0.337 e. The number of fused-ring (bicyclic) bond motifs is 2. The lowest BCUT2D eigenvalue weighted by atomic mass is 9.88. The number of carboxylic acid groups (broad SMARTS) is 2. The first kappa shape index (κ1) is 25.5. The SMILES string of the molecule is CCN=c1cc2oc3cc(NCC)c(C)cc3c(-c3c(Cl)cc(C(=O)O)c(Cl)c3C(=O)O)c-2cc1C. The van der Waals surface area contributed by atoms with Gasteiger partial charge in [-0.25, -0.2) is 9.59 Å². The van der Waals surface area contributed by atoms with Gasteiger partial charge in [-0.15, -0.1) is 0 Å². The second-order valence-corrected chi connectivity index (χ2v) is 9.15. The minimum Gasteiger partial charge on any atom is -0.478 e. The van der Waals surface area contributed by atoms with E-state index in [2.05, 4.69) is 10.3 Å². The molecule has 4 rings (SSSR count). The predicted octanol–water partition coefficient (Wildman–Crippen LogP) is 6.88. The van der Waals surface area contributed by atoms with Gasteiger partial charge in [-0.05, 0) is 57.0 Å². The monoisotopic (exact) mass is 526 g/mol. The Morgan fingerprint density at radius 3 is 2.31 bits per heavy atom. The number of hydrogen-bond donors (Lipinski definition) is 3. The third-order valence-corrected chi connectivity index (χ3v) is 6.68. The molecule has 0 fully saturated rings. The van der Waals surface area contributed by atoms with E-state index in [-0.39, 0.29) is 21.7 Å². The van der Waals surface area contributed by atoms with Gasteiger partial charge in [0.05, 0.1) is 26.5 Å². The fourth-order valence-electron chi connectivity index (χ4n) is 4.41. The van der Waals surface area contributed by atoms with Crippen LogP contribution in [0, 0.1) is 13.8 Å². The molecule has 0 radical (unpaired) electrons. The van der Waals surface area contributed by atoms with E-state index in [1.54, 1.807) is 0 Å². The molecular formula is C27H24Cl2N2O5. The van der Waals surface area contributed by atoms with E-state index in [1.165, 1.54) is 6.07 Å². The van der Waals surface area contributed by atoms with Crippen LogP contribution >= 0.6 is 23.2 Å². The highest BCUT2D eigenvalue weighted by Gasteiger charge is 2.29. The summed E-state index contributed by atoms with van der Waals surface area (Å²) in [7, 11) is 0. The van der Waals surface area contributed by atoms with Crippen LogP contribution in [0.15, 0.2) is 39.7 Å². The first-order valence-electron chi connectivity index (χ1n) is 11.3. The maximum atomic E-state index is 12.4. The Kier molecular flexibility index (Phi) is 6.98. The van der Waals surface area contributed by atoms with Gasteiger partial charge < -0.3 is 19.9 Å². The summed E-state index contributed by atoms with van der Waals surface area (Å²) < 4.78 is 6.31. The van der Waals surface area contributed by atoms with E-state index in [0.717, 1.165) is 22.2 Å². The van der Waals surface area contributed by atoms with Crippen LogP contribution in [0.4, 0.5) is 5.69 Å². The second-order valence-electron chi connectivity index (χ2n) is 8.36. The third kappa shape index (κ3) is 4.29. The molecule has 1 aliphatic heterocycles. The summed E-state index contributed by atoms with van der Waals surface area (Å²) in [6.07, 6.45) is 0. The summed E-state index contributed by atoms with van der Waals surface area (Å²) >= 11 is 13.0. The standard InChI is InChI=1S/C27H24Cl2N2O5/c1-5-30-18-10-20-14(7-12(18)3)22(15-8-13(4)19(31-6-2)11-21(15)36-20)23-17(28)9-16(26(32)33)25(29)24(23)27(34)35/h7-11,30H,5-6H2,1-4H3,(H,32,33)(H,34,35). The summed E-state index contributed by atoms with van der Waals surface area (Å²) in [4.78, 5) is 28.7. The molecule has 1 aliphatic carbocycles. The Balaban J connectivity index is 2.28. The van der Waals surface area contributed by atoms with Gasteiger partial charge in [0.15, 0.2) is 0 Å². The molecule has 7 nitrogen and oxygen atoms in total. The molecule has 9 heteroatoms. The molecule has 2 aliphatic rings. The molecule has 0 bridgehead atoms. The van der Waals surface area contributed by atoms with Crippen LogP contribution in [0.1, 0.15) is 45.7 Å². The molecule has 0 saturated carbocycles. The minimum absolute atomic E-state index is 0.0450. The number of hydrogen-bond acceptors (Lipinski definition) is 5. The van der Waals surface area contributed by atoms with Gasteiger partial charge in [-0.1, -0.05) is 23.2 Å². The number of aromatic carboxylic acids is 2. The van der Waals surface area contributed by atoms with Crippen molar-refractivity contribution in [2.75, 3.05) is 18.4 Å². The van der Waals surface area contributed by atoms with Gasteiger partial charge in [0.25, 0.3) is 0 Å². The topological polar surface area (TPSA) is 112 Å². The molecule has 0 amide bonds. The van der Waals surface area contributed by atoms with Gasteiger partial charge in [-0.2, -0.15) is 0 Å². The molecule has 0 aromatic heterocycles. The van der Waals surface area contributed by atoms with E-state index >= 15 is 0 Å². The largest absolute Gasteiger partial charge is 0.478 e. The van der Waals surface area contributed by atoms with Crippen molar-refractivity contribution >= 4 is 51.8 Å². The second kappa shape index (κ2) is 9.84. The number of nitrogens with zero attached hydrogens (tertiary/aromatic N) is 1. The molecule has 0 unspecified atom stereocenters. The predicted molar refractivity (Wildman–Crippen MR) is 142 cm³/mol. The quantitative estimate of drug-likeness (QED) is 0.236. The number of nitrogens with one attached hydrogen (secondary N) is 1. The number of anilines is 1. The summed E-state index contributed by atoms with van der Waals surface area (Å²) in [6.45, 7) is 9.04. The van der Waals surface area contributed by atoms with E-state index in [1.807, 2.05) is 52.0 Å². The summed E-state index contributed by atoms with van der Waals surface area (Å²) in [5, 5.41) is 23.9. The first-order chi connectivity index (χ1) is 17.1. The molecule has 2 aromatic rings. The molecule has 186 valence electrons. The molecule has 2 aromatic carbocycles. The lowest BCUT2D eigenvalue weighted by molar-refractivity contribution is 0.0696. The molecule has 1 heterocycles. The minimum atomic E-state index is -1.39. The van der Waals surface area contributed by atoms with Gasteiger partial charge in [-0.3, -0.25) is 4.99 Å². The fourth-order valence-corrected chi connectivity index (χ4v) is 5.02. The van der Waals surface area contributed by atoms with E-state index in [4.69, 9.17) is 27.6 Å². The number of rotatable bonds is 6. The Labute approximate surface area is 217 Å². The number of aryl methyl sites for hydroxylation is 2. The van der Waals surface area contributed by atoms with Crippen molar-refractivity contribution in [2.24, 2.45) is 4.99 Å². The van der Waals surface area contributed by atoms with Crippen molar-refractivity contribution in [1.82, 2.24) is 0 Å². The molecular weight excluding hydrogens is 503 g/mol. The van der Waals surface area contributed by atoms with Gasteiger partial charge in [0.1, 0.15) is 11.3 Å². The number of benzene rings is 3. The van der Waals surface area contributed by atoms with E-state index < -0.39 is 17.0 Å². The maximum absolute atomic E-state index is 12.4. The Morgan fingerprint density at radius 1 is 0.972 bits per heavy atom. The van der Waals surface area contributed by atoms with Crippen LogP contribution in [0.2, 0.25) is 10.0 Å². The Bertz CT molecular complexity index is 1590. The zero-order valence-electron chi connectivity index (χ0n) is 20.1. The average Bonchev–Trinajstić information content (AvgIpc) is 2.80. The van der Waals surface area contributed by atoms with Crippen LogP contribution in [-0.4, -0.2) is 35.2 Å². The van der Waals surface area contributed by atoms with Gasteiger partial charge in [0.2, 0.25) is 0 Å². The molecule has 0 spiro atoms. The molecule has 36 heavy (non-hydrogen) atoms. The van der Waals surface area contributed by atoms with Crippen molar-refractivity contribution < 1.29 is 24.2 Å². The third-order valence-electron chi connectivity index (χ3n) is 5.99. The zero-order chi connectivity index (χ0) is 26.3. The van der Waals surface area contributed by atoms with Crippen LogP contribution in [0.25, 0.3) is 33.4 Å². The molecule has 0 atom stereocenters. The summed E-state index contributed by atoms with van der Waals surface area (Å²) in [6, 6.07) is 8.62. The van der Waals surface area contributed by atoms with Crippen molar-refractivity contribution in [3.05, 3.63) is 68.0 Å². The van der Waals surface area contributed by atoms with Crippen LogP contribution in [-0.2, 0) is 0 Å². The van der Waals surface area contributed by atoms with Crippen molar-refractivity contribution in [3.8, 4) is 22.5 Å². The lowest BCUT2D eigenvalue weighted by Gasteiger charge is -2.21. The molecule has 3 N–H and O–H groups in total. The first-order valence-corrected chi connectivity index (χ1v) is 12.1. The van der Waals surface area contributed by atoms with Crippen molar-refractivity contribution in [1.29, 1.82) is 0 Å². The lowest BCUT2D eigenvalue weighted by Crippen LogP contribution is -2.11. The fraction of sp³-hybridized carbons (Fsp3) is 0.222. The number of halogens is 2. The van der Waals surface area contributed by atoms with Crippen molar-refractivity contribution in [2.45, 2.75) is 27.7 Å². The zero-order valence-corrected chi connectivity index (χ0v) is 21.6. The van der Waals surface area contributed by atoms with E-state index in [0.29, 0.717) is 40.9 Å². The van der Waals surface area contributed by atoms with E-state index in [9.17, 15) is 19.8 Å². The highest BCUT2D eigenvalue weighted by Crippen LogP contribution is 2.47. The normalized spacial score (nSPS) is 11.9. The van der Waals surface area contributed by atoms with Crippen LogP contribution < -0.4 is 10.7 Å². The van der Waals surface area contributed by atoms with Crippen LogP contribution in [0.5, 0.6) is 0 Å². The van der Waals surface area contributed by atoms with Gasteiger partial charge >= 0.3 is 11.9 Å².